The predicted molar refractivity (Wildman–Crippen MR) is 118 cm³/mol. The molecule has 3 aromatic carbocycles. The number of halogens is 1. The van der Waals surface area contributed by atoms with E-state index in [1.807, 2.05) is 0 Å². The van der Waals surface area contributed by atoms with Gasteiger partial charge in [0.2, 0.25) is 0 Å². The molecule has 0 unspecified atom stereocenters. The maximum atomic E-state index is 13.0. The molecule has 0 radical (unpaired) electrons. The third-order valence-corrected chi connectivity index (χ3v) is 6.37. The number of carbonyl (C=O) groups is 1. The number of carbonyl (C=O) groups excluding carboxylic acids is 1. The van der Waals surface area contributed by atoms with E-state index in [-0.39, 0.29) is 27.5 Å². The maximum absolute atomic E-state index is 13.0. The topological polar surface area (TPSA) is 98.4 Å². The van der Waals surface area contributed by atoms with Crippen molar-refractivity contribution in [2.45, 2.75) is 18.4 Å². The van der Waals surface area contributed by atoms with Crippen LogP contribution in [-0.2, 0) is 16.6 Å². The minimum atomic E-state index is -4.08. The van der Waals surface area contributed by atoms with Crippen molar-refractivity contribution in [3.63, 3.8) is 0 Å². The predicted octanol–water partition coefficient (Wildman–Crippen LogP) is 4.30. The van der Waals surface area contributed by atoms with Crippen LogP contribution in [0.15, 0.2) is 80.8 Å². The molecule has 0 aliphatic heterocycles. The van der Waals surface area contributed by atoms with Crippen LogP contribution in [0.3, 0.4) is 0 Å². The van der Waals surface area contributed by atoms with Gasteiger partial charge in [-0.1, -0.05) is 41.9 Å². The highest BCUT2D eigenvalue weighted by Crippen LogP contribution is 2.27. The molecule has 1 aromatic heterocycles. The lowest BCUT2D eigenvalue weighted by Crippen LogP contribution is -2.16. The number of anilines is 1. The Morgan fingerprint density at radius 3 is 2.52 bits per heavy atom. The highest BCUT2D eigenvalue weighted by atomic mass is 35.5. The molecule has 0 aliphatic carbocycles. The fourth-order valence-electron chi connectivity index (χ4n) is 3.26. The van der Waals surface area contributed by atoms with Gasteiger partial charge in [0.1, 0.15) is 0 Å². The SMILES string of the molecule is CCn1c(=O)oc2cc(S(=O)(=O)Nc3ccc(Cl)cc3C(=O)c3ccccc3)ccc21. The molecule has 7 nitrogen and oxygen atoms in total. The van der Waals surface area contributed by atoms with E-state index >= 15 is 0 Å². The molecule has 4 rings (SSSR count). The van der Waals surface area contributed by atoms with Crippen LogP contribution < -0.4 is 10.5 Å². The van der Waals surface area contributed by atoms with Crippen LogP contribution in [0.4, 0.5) is 5.69 Å². The Labute approximate surface area is 182 Å². The number of nitrogens with zero attached hydrogens (tertiary/aromatic N) is 1. The summed E-state index contributed by atoms with van der Waals surface area (Å²) < 4.78 is 35.0. The lowest BCUT2D eigenvalue weighted by atomic mass is 10.0. The van der Waals surface area contributed by atoms with Gasteiger partial charge in [-0.15, -0.1) is 0 Å². The second kappa shape index (κ2) is 8.05. The van der Waals surface area contributed by atoms with Crippen molar-refractivity contribution in [1.82, 2.24) is 4.57 Å². The smallest absolute Gasteiger partial charge is 0.408 e. The van der Waals surface area contributed by atoms with Gasteiger partial charge < -0.3 is 4.42 Å². The van der Waals surface area contributed by atoms with E-state index in [1.54, 1.807) is 37.3 Å². The van der Waals surface area contributed by atoms with Crippen molar-refractivity contribution >= 4 is 44.2 Å². The number of hydrogen-bond acceptors (Lipinski definition) is 5. The number of benzene rings is 3. The van der Waals surface area contributed by atoms with Crippen LogP contribution in [0.25, 0.3) is 11.1 Å². The quantitative estimate of drug-likeness (QED) is 0.436. The molecule has 0 aliphatic rings. The average Bonchev–Trinajstić information content (AvgIpc) is 3.09. The van der Waals surface area contributed by atoms with Gasteiger partial charge in [0, 0.05) is 28.8 Å². The molecular weight excluding hydrogens is 440 g/mol. The van der Waals surface area contributed by atoms with Gasteiger partial charge in [0.25, 0.3) is 10.0 Å². The molecule has 0 saturated carbocycles. The molecule has 31 heavy (non-hydrogen) atoms. The summed E-state index contributed by atoms with van der Waals surface area (Å²) in [5, 5.41) is 0.298. The van der Waals surface area contributed by atoms with Crippen LogP contribution >= 0.6 is 11.6 Å². The summed E-state index contributed by atoms with van der Waals surface area (Å²) in [6, 6.07) is 17.0. The first-order valence-electron chi connectivity index (χ1n) is 9.35. The van der Waals surface area contributed by atoms with Crippen molar-refractivity contribution in [3.8, 4) is 0 Å². The monoisotopic (exact) mass is 456 g/mol. The lowest BCUT2D eigenvalue weighted by molar-refractivity contribution is 0.103. The first kappa shape index (κ1) is 20.9. The third-order valence-electron chi connectivity index (χ3n) is 4.77. The largest absolute Gasteiger partial charge is 0.419 e. The summed E-state index contributed by atoms with van der Waals surface area (Å²) >= 11 is 6.06. The zero-order chi connectivity index (χ0) is 22.2. The first-order valence-corrected chi connectivity index (χ1v) is 11.2. The number of aromatic nitrogens is 1. The van der Waals surface area contributed by atoms with Gasteiger partial charge in [-0.05, 0) is 37.3 Å². The molecular formula is C22H17ClN2O5S. The highest BCUT2D eigenvalue weighted by Gasteiger charge is 2.21. The Morgan fingerprint density at radius 2 is 1.81 bits per heavy atom. The fourth-order valence-corrected chi connectivity index (χ4v) is 4.52. The van der Waals surface area contributed by atoms with Gasteiger partial charge in [-0.3, -0.25) is 14.1 Å². The molecule has 0 amide bonds. The van der Waals surface area contributed by atoms with Crippen LogP contribution in [0, 0.1) is 0 Å². The van der Waals surface area contributed by atoms with Crippen LogP contribution in [0.5, 0.6) is 0 Å². The zero-order valence-electron chi connectivity index (χ0n) is 16.3. The summed E-state index contributed by atoms with van der Waals surface area (Å²) in [7, 11) is -4.08. The zero-order valence-corrected chi connectivity index (χ0v) is 17.9. The van der Waals surface area contributed by atoms with Crippen molar-refractivity contribution in [3.05, 3.63) is 93.4 Å². The standard InChI is InChI=1S/C22H17ClN2O5S/c1-2-25-19-11-9-16(13-20(19)30-22(25)27)31(28,29)24-18-10-8-15(23)12-17(18)21(26)14-6-4-3-5-7-14/h3-13,24H,2H2,1H3. The Balaban J connectivity index is 1.74. The maximum Gasteiger partial charge on any atom is 0.419 e. The molecule has 0 saturated heterocycles. The van der Waals surface area contributed by atoms with E-state index in [9.17, 15) is 18.0 Å². The van der Waals surface area contributed by atoms with E-state index in [0.717, 1.165) is 0 Å². The second-order valence-corrected chi connectivity index (χ2v) is 8.85. The summed E-state index contributed by atoms with van der Waals surface area (Å²) in [5.74, 6) is -0.935. The minimum Gasteiger partial charge on any atom is -0.408 e. The normalized spacial score (nSPS) is 11.5. The number of aryl methyl sites for hydroxylation is 1. The highest BCUT2D eigenvalue weighted by molar-refractivity contribution is 7.92. The van der Waals surface area contributed by atoms with Crippen LogP contribution in [0.1, 0.15) is 22.8 Å². The number of hydrogen-bond donors (Lipinski definition) is 1. The molecule has 0 spiro atoms. The Bertz CT molecular complexity index is 1460. The number of nitrogens with one attached hydrogen (secondary N) is 1. The average molecular weight is 457 g/mol. The van der Waals surface area contributed by atoms with Gasteiger partial charge in [0.15, 0.2) is 11.4 Å². The first-order chi connectivity index (χ1) is 14.8. The number of fused-ring (bicyclic) bond motifs is 1. The Morgan fingerprint density at radius 1 is 1.06 bits per heavy atom. The summed E-state index contributed by atoms with van der Waals surface area (Å²) in [6.45, 7) is 2.18. The molecule has 4 aromatic rings. The number of rotatable bonds is 6. The molecule has 0 atom stereocenters. The number of oxazole rings is 1. The molecule has 0 bridgehead atoms. The van der Waals surface area contributed by atoms with Crippen LogP contribution in [-0.4, -0.2) is 18.8 Å². The van der Waals surface area contributed by atoms with Crippen molar-refractivity contribution in [2.75, 3.05) is 4.72 Å². The summed E-state index contributed by atoms with van der Waals surface area (Å²) in [6.07, 6.45) is 0. The van der Waals surface area contributed by atoms with Gasteiger partial charge in [-0.2, -0.15) is 0 Å². The molecule has 9 heteroatoms. The van der Waals surface area contributed by atoms with E-state index in [4.69, 9.17) is 16.0 Å². The van der Waals surface area contributed by atoms with E-state index < -0.39 is 15.8 Å². The van der Waals surface area contributed by atoms with Gasteiger partial charge >= 0.3 is 5.76 Å². The van der Waals surface area contributed by atoms with Crippen LogP contribution in [0.2, 0.25) is 5.02 Å². The molecule has 1 N–H and O–H groups in total. The Hall–Kier alpha value is -3.36. The van der Waals surface area contributed by atoms with E-state index in [1.165, 1.54) is 41.0 Å². The second-order valence-electron chi connectivity index (χ2n) is 6.73. The minimum absolute atomic E-state index is 0.0888. The fraction of sp³-hybridized carbons (Fsp3) is 0.0909. The van der Waals surface area contributed by atoms with E-state index in [2.05, 4.69) is 4.72 Å². The van der Waals surface area contributed by atoms with E-state index in [0.29, 0.717) is 22.6 Å². The van der Waals surface area contributed by atoms with Crippen molar-refractivity contribution < 1.29 is 17.6 Å². The molecule has 1 heterocycles. The van der Waals surface area contributed by atoms with Crippen molar-refractivity contribution in [2.24, 2.45) is 0 Å². The third kappa shape index (κ3) is 3.99. The number of sulfonamides is 1. The van der Waals surface area contributed by atoms with Gasteiger partial charge in [-0.25, -0.2) is 13.2 Å². The Kier molecular flexibility index (Phi) is 5.43. The number of ketones is 1. The summed E-state index contributed by atoms with van der Waals surface area (Å²) in [4.78, 5) is 24.7. The molecule has 158 valence electrons. The lowest BCUT2D eigenvalue weighted by Gasteiger charge is -2.13. The molecule has 0 fully saturated rings. The van der Waals surface area contributed by atoms with Crippen molar-refractivity contribution in [1.29, 1.82) is 0 Å². The summed E-state index contributed by atoms with van der Waals surface area (Å²) in [5.41, 5.74) is 1.26. The van der Waals surface area contributed by atoms with Gasteiger partial charge in [0.05, 0.1) is 16.1 Å².